The summed E-state index contributed by atoms with van der Waals surface area (Å²) in [7, 11) is 0. The van der Waals surface area contributed by atoms with Crippen molar-refractivity contribution in [2.24, 2.45) is 0 Å². The van der Waals surface area contributed by atoms with E-state index in [1.807, 2.05) is 6.07 Å². The first kappa shape index (κ1) is 15.0. The van der Waals surface area contributed by atoms with Gasteiger partial charge in [-0.15, -0.1) is 0 Å². The summed E-state index contributed by atoms with van der Waals surface area (Å²) < 4.78 is 0. The Morgan fingerprint density at radius 3 is 2.64 bits per heavy atom. The van der Waals surface area contributed by atoms with E-state index in [9.17, 15) is 4.79 Å². The Labute approximate surface area is 130 Å². The van der Waals surface area contributed by atoms with Gasteiger partial charge in [0.2, 0.25) is 0 Å². The van der Waals surface area contributed by atoms with Gasteiger partial charge in [-0.3, -0.25) is 14.9 Å². The lowest BCUT2D eigenvalue weighted by Gasteiger charge is -2.46. The van der Waals surface area contributed by atoms with Crippen LogP contribution in [0.25, 0.3) is 10.9 Å². The third-order valence-electron chi connectivity index (χ3n) is 4.10. The highest BCUT2D eigenvalue weighted by molar-refractivity contribution is 6.04. The van der Waals surface area contributed by atoms with Crippen LogP contribution < -0.4 is 10.6 Å². The van der Waals surface area contributed by atoms with Crippen molar-refractivity contribution in [3.05, 3.63) is 24.2 Å². The van der Waals surface area contributed by atoms with Gasteiger partial charge in [0.1, 0.15) is 0 Å². The van der Waals surface area contributed by atoms with E-state index in [1.165, 1.54) is 0 Å². The zero-order valence-electron chi connectivity index (χ0n) is 13.5. The van der Waals surface area contributed by atoms with Gasteiger partial charge >= 0.3 is 0 Å². The number of amides is 1. The van der Waals surface area contributed by atoms with Crippen molar-refractivity contribution in [3.8, 4) is 0 Å². The van der Waals surface area contributed by atoms with E-state index in [0.29, 0.717) is 5.69 Å². The van der Waals surface area contributed by atoms with Gasteiger partial charge in [0, 0.05) is 29.5 Å². The highest BCUT2D eigenvalue weighted by Gasteiger charge is 2.38. The number of nitrogens with zero attached hydrogens (tertiary/aromatic N) is 2. The molecule has 0 saturated carbocycles. The van der Waals surface area contributed by atoms with Crippen LogP contribution in [0.1, 0.15) is 51.0 Å². The molecule has 1 fully saturated rings. The van der Waals surface area contributed by atoms with E-state index < -0.39 is 0 Å². The second kappa shape index (κ2) is 5.05. The Morgan fingerprint density at radius 1 is 1.27 bits per heavy atom. The average Bonchev–Trinajstić information content (AvgIpc) is 2.78. The van der Waals surface area contributed by atoms with Gasteiger partial charge in [-0.1, -0.05) is 0 Å². The minimum atomic E-state index is -0.141. The first-order valence-electron chi connectivity index (χ1n) is 7.64. The number of carbonyl (C=O) groups excluding carboxylic acids is 1. The molecule has 0 spiro atoms. The van der Waals surface area contributed by atoms with Crippen LogP contribution in [0, 0.1) is 0 Å². The lowest BCUT2D eigenvalue weighted by Crippen LogP contribution is -2.62. The molecular formula is C16H23N5O. The van der Waals surface area contributed by atoms with Crippen LogP contribution in [0.5, 0.6) is 0 Å². The fourth-order valence-corrected chi connectivity index (χ4v) is 3.71. The van der Waals surface area contributed by atoms with Crippen molar-refractivity contribution in [2.45, 2.75) is 57.7 Å². The predicted molar refractivity (Wildman–Crippen MR) is 85.7 cm³/mol. The maximum absolute atomic E-state index is 12.6. The zero-order chi connectivity index (χ0) is 16.0. The third-order valence-corrected chi connectivity index (χ3v) is 4.10. The summed E-state index contributed by atoms with van der Waals surface area (Å²) in [5.41, 5.74) is 1.23. The van der Waals surface area contributed by atoms with E-state index in [0.717, 1.165) is 23.7 Å². The summed E-state index contributed by atoms with van der Waals surface area (Å²) in [6, 6.07) is 1.94. The first-order valence-corrected chi connectivity index (χ1v) is 7.64. The maximum atomic E-state index is 12.6. The molecule has 1 aliphatic heterocycles. The smallest absolute Gasteiger partial charge is 0.272 e. The Bertz CT molecular complexity index is 687. The average molecular weight is 301 g/mol. The Hall–Kier alpha value is -1.95. The molecule has 1 aliphatic rings. The Kier molecular flexibility index (Phi) is 3.44. The van der Waals surface area contributed by atoms with Crippen LogP contribution in [-0.2, 0) is 0 Å². The lowest BCUT2D eigenvalue weighted by molar-refractivity contribution is 0.0870. The van der Waals surface area contributed by atoms with Crippen molar-refractivity contribution in [1.29, 1.82) is 0 Å². The molecule has 6 nitrogen and oxygen atoms in total. The number of hydrogen-bond donors (Lipinski definition) is 3. The number of aromatic amines is 1. The molecule has 1 saturated heterocycles. The molecule has 2 aromatic heterocycles. The molecule has 6 heteroatoms. The standard InChI is InChI=1S/C16H23N5O/c1-15(2)7-10(8-16(3,4)21-15)18-14(22)13-11-9-17-6-5-12(11)19-20-13/h5-6,9-10,21H,7-8H2,1-4H3,(H,18,22)(H,19,20). The van der Waals surface area contributed by atoms with Gasteiger partial charge in [-0.05, 0) is 46.6 Å². The van der Waals surface area contributed by atoms with Crippen LogP contribution in [0.3, 0.4) is 0 Å². The summed E-state index contributed by atoms with van der Waals surface area (Å²) in [6.45, 7) is 8.67. The van der Waals surface area contributed by atoms with Crippen LogP contribution in [0.15, 0.2) is 18.5 Å². The molecule has 0 aromatic carbocycles. The summed E-state index contributed by atoms with van der Waals surface area (Å²) in [6.07, 6.45) is 5.13. The summed E-state index contributed by atoms with van der Waals surface area (Å²) in [5.74, 6) is -0.141. The Morgan fingerprint density at radius 2 is 1.95 bits per heavy atom. The summed E-state index contributed by atoms with van der Waals surface area (Å²) in [4.78, 5) is 16.6. The molecule has 0 aliphatic carbocycles. The van der Waals surface area contributed by atoms with Crippen LogP contribution in [-0.4, -0.2) is 38.2 Å². The second-order valence-electron chi connectivity index (χ2n) is 7.46. The molecule has 0 bridgehead atoms. The number of hydrogen-bond acceptors (Lipinski definition) is 4. The highest BCUT2D eigenvalue weighted by Crippen LogP contribution is 2.28. The fraction of sp³-hybridized carbons (Fsp3) is 0.562. The molecule has 3 heterocycles. The minimum absolute atomic E-state index is 0.00506. The molecule has 0 radical (unpaired) electrons. The molecule has 0 unspecified atom stereocenters. The monoisotopic (exact) mass is 301 g/mol. The molecule has 1 amide bonds. The number of H-pyrrole nitrogens is 1. The number of aromatic nitrogens is 3. The topological polar surface area (TPSA) is 82.7 Å². The number of carbonyl (C=O) groups is 1. The summed E-state index contributed by atoms with van der Waals surface area (Å²) >= 11 is 0. The maximum Gasteiger partial charge on any atom is 0.272 e. The van der Waals surface area contributed by atoms with Crippen LogP contribution >= 0.6 is 0 Å². The molecule has 2 aromatic rings. The van der Waals surface area contributed by atoms with E-state index in [-0.39, 0.29) is 23.0 Å². The van der Waals surface area contributed by atoms with Crippen molar-refractivity contribution in [3.63, 3.8) is 0 Å². The quantitative estimate of drug-likeness (QED) is 0.792. The number of pyridine rings is 1. The number of nitrogens with one attached hydrogen (secondary N) is 3. The molecule has 3 N–H and O–H groups in total. The molecule has 0 atom stereocenters. The van der Waals surface area contributed by atoms with Gasteiger partial charge in [-0.25, -0.2) is 0 Å². The van der Waals surface area contributed by atoms with Gasteiger partial charge in [-0.2, -0.15) is 5.10 Å². The van der Waals surface area contributed by atoms with Gasteiger partial charge in [0.25, 0.3) is 5.91 Å². The van der Waals surface area contributed by atoms with E-state index in [4.69, 9.17) is 0 Å². The van der Waals surface area contributed by atoms with E-state index >= 15 is 0 Å². The van der Waals surface area contributed by atoms with Crippen LogP contribution in [0.2, 0.25) is 0 Å². The van der Waals surface area contributed by atoms with Gasteiger partial charge < -0.3 is 10.6 Å². The van der Waals surface area contributed by atoms with Crippen molar-refractivity contribution in [1.82, 2.24) is 25.8 Å². The van der Waals surface area contributed by atoms with Gasteiger partial charge in [0.15, 0.2) is 5.69 Å². The lowest BCUT2D eigenvalue weighted by atomic mass is 9.79. The van der Waals surface area contributed by atoms with E-state index in [2.05, 4.69) is 53.5 Å². The minimum Gasteiger partial charge on any atom is -0.348 e. The van der Waals surface area contributed by atoms with E-state index in [1.54, 1.807) is 12.4 Å². The zero-order valence-corrected chi connectivity index (χ0v) is 13.5. The first-order chi connectivity index (χ1) is 10.3. The third kappa shape index (κ3) is 2.97. The second-order valence-corrected chi connectivity index (χ2v) is 7.46. The van der Waals surface area contributed by atoms with Gasteiger partial charge in [0.05, 0.1) is 10.9 Å². The van der Waals surface area contributed by atoms with Crippen molar-refractivity contribution in [2.75, 3.05) is 0 Å². The molecule has 3 rings (SSSR count). The normalized spacial score (nSPS) is 20.9. The predicted octanol–water partition coefficient (Wildman–Crippen LogP) is 2.00. The molecule has 22 heavy (non-hydrogen) atoms. The SMILES string of the molecule is CC1(C)CC(NC(=O)c2n[nH]c3ccncc23)CC(C)(C)N1. The highest BCUT2D eigenvalue weighted by atomic mass is 16.2. The number of rotatable bonds is 2. The Balaban J connectivity index is 1.79. The summed E-state index contributed by atoms with van der Waals surface area (Å²) in [5, 5.41) is 14.5. The fourth-order valence-electron chi connectivity index (χ4n) is 3.71. The number of fused-ring (bicyclic) bond motifs is 1. The molecular weight excluding hydrogens is 278 g/mol. The number of piperidine rings is 1. The van der Waals surface area contributed by atoms with Crippen molar-refractivity contribution >= 4 is 16.8 Å². The largest absolute Gasteiger partial charge is 0.348 e. The van der Waals surface area contributed by atoms with Crippen molar-refractivity contribution < 1.29 is 4.79 Å². The van der Waals surface area contributed by atoms with Crippen LogP contribution in [0.4, 0.5) is 0 Å². The molecule has 118 valence electrons.